The molecule has 480 valence electrons. The zero-order chi connectivity index (χ0) is 67.6. The molecule has 0 aliphatic heterocycles. The Balaban J connectivity index is 0.000000150. The summed E-state index contributed by atoms with van der Waals surface area (Å²) in [5, 5.41) is 9.91. The van der Waals surface area contributed by atoms with E-state index in [4.69, 9.17) is 0 Å². The molecule has 16 aromatic rings. The van der Waals surface area contributed by atoms with Crippen molar-refractivity contribution < 1.29 is 0 Å². The monoisotopic (exact) mass is 1280 g/mol. The second kappa shape index (κ2) is 25.0. The zero-order valence-corrected chi connectivity index (χ0v) is 57.3. The highest BCUT2D eigenvalue weighted by Crippen LogP contribution is 2.55. The molecule has 100 heavy (non-hydrogen) atoms. The highest BCUT2D eigenvalue weighted by Gasteiger charge is 2.39. The van der Waals surface area contributed by atoms with Crippen molar-refractivity contribution >= 4 is 111 Å². The number of benzene rings is 16. The Labute approximate surface area is 587 Å². The van der Waals surface area contributed by atoms with Crippen molar-refractivity contribution in [2.24, 2.45) is 0 Å². The van der Waals surface area contributed by atoms with E-state index in [1.165, 1.54) is 98.7 Å². The van der Waals surface area contributed by atoms with E-state index in [-0.39, 0.29) is 10.8 Å². The smallest absolute Gasteiger partial charge is 0.0468 e. The molecule has 0 N–H and O–H groups in total. The first-order chi connectivity index (χ1) is 48.9. The molecule has 16 aromatic carbocycles. The molecule has 0 unspecified atom stereocenters. The topological polar surface area (TPSA) is 13.0 Å². The number of fused-ring (bicyclic) bond motifs is 10. The highest BCUT2D eigenvalue weighted by molar-refractivity contribution is 5.96. The molecule has 0 spiro atoms. The van der Waals surface area contributed by atoms with Gasteiger partial charge < -0.3 is 19.6 Å². The molecule has 2 aliphatic rings. The standard InChI is InChI=1S/C49H40N2.C47H36N2/c1-33-13-19-39(20-14-33)50(41-23-17-35-9-5-7-11-37(35)29-41)43-25-27-45-46-28-26-44(32-48(46)49(3,4)47(45)31-43)51(40-21-15-34(2)16-22-40)42-24-18-36-10-6-8-12-38(36)30-42;1-47(2)45-31-41(48(37-17-5-3-6-18-37)39-23-21-33-13-9-11-15-35(33)29-39)25-27-43(45)44-28-26-42(32-46(44)47)49(38-19-7-4-8-20-38)40-24-22-34-14-10-12-16-36(34)30-40/h5-32H,1-4H3;3-32H,1-2H3. The Morgan fingerprint density at radius 2 is 0.360 bits per heavy atom. The number of anilines is 12. The molecule has 0 saturated heterocycles. The molecule has 0 saturated carbocycles. The van der Waals surface area contributed by atoms with Crippen LogP contribution in [0.3, 0.4) is 0 Å². The van der Waals surface area contributed by atoms with E-state index in [9.17, 15) is 0 Å². The lowest BCUT2D eigenvalue weighted by molar-refractivity contribution is 0.660. The van der Waals surface area contributed by atoms with Crippen LogP contribution >= 0.6 is 0 Å². The molecular weight excluding hydrogens is 1210 g/mol. The Hall–Kier alpha value is -12.2. The molecule has 0 fully saturated rings. The Morgan fingerprint density at radius 1 is 0.170 bits per heavy atom. The quantitative estimate of drug-likeness (QED) is 0.121. The minimum Gasteiger partial charge on any atom is -0.310 e. The van der Waals surface area contributed by atoms with Gasteiger partial charge in [-0.25, -0.2) is 0 Å². The third kappa shape index (κ3) is 11.1. The molecule has 0 heterocycles. The minimum absolute atomic E-state index is 0.200. The molecule has 18 rings (SSSR count). The van der Waals surface area contributed by atoms with Gasteiger partial charge in [-0.05, 0) is 247 Å². The van der Waals surface area contributed by atoms with Gasteiger partial charge in [0.15, 0.2) is 0 Å². The van der Waals surface area contributed by atoms with Crippen LogP contribution < -0.4 is 19.6 Å². The van der Waals surface area contributed by atoms with Crippen molar-refractivity contribution in [3.05, 3.63) is 385 Å². The summed E-state index contributed by atoms with van der Waals surface area (Å²) in [6.45, 7) is 13.8. The maximum absolute atomic E-state index is 2.42. The Kier molecular flexibility index (Phi) is 15.3. The summed E-state index contributed by atoms with van der Waals surface area (Å²) in [6.07, 6.45) is 0. The Bertz CT molecular complexity index is 5420. The van der Waals surface area contributed by atoms with E-state index in [2.05, 4.69) is 413 Å². The first-order valence-corrected chi connectivity index (χ1v) is 34.9. The van der Waals surface area contributed by atoms with Crippen molar-refractivity contribution in [1.29, 1.82) is 0 Å². The van der Waals surface area contributed by atoms with Gasteiger partial charge in [0.2, 0.25) is 0 Å². The van der Waals surface area contributed by atoms with Crippen molar-refractivity contribution in [2.75, 3.05) is 19.6 Å². The highest BCUT2D eigenvalue weighted by atomic mass is 15.2. The predicted octanol–water partition coefficient (Wildman–Crippen LogP) is 27.1. The lowest BCUT2D eigenvalue weighted by Crippen LogP contribution is -2.17. The Morgan fingerprint density at radius 3 is 0.610 bits per heavy atom. The summed E-state index contributed by atoms with van der Waals surface area (Å²) in [4.78, 5) is 9.56. The second-order valence-electron chi connectivity index (χ2n) is 28.0. The third-order valence-corrected chi connectivity index (χ3v) is 20.9. The zero-order valence-electron chi connectivity index (χ0n) is 57.3. The van der Waals surface area contributed by atoms with Gasteiger partial charge in [0.1, 0.15) is 0 Å². The molecule has 4 nitrogen and oxygen atoms in total. The lowest BCUT2D eigenvalue weighted by Gasteiger charge is -2.29. The van der Waals surface area contributed by atoms with Crippen LogP contribution in [0.4, 0.5) is 68.2 Å². The largest absolute Gasteiger partial charge is 0.310 e. The molecule has 2 aliphatic carbocycles. The number of aryl methyl sites for hydroxylation is 2. The van der Waals surface area contributed by atoms with Gasteiger partial charge in [0, 0.05) is 79.1 Å². The summed E-state index contributed by atoms with van der Waals surface area (Å²) < 4.78 is 0. The number of nitrogens with zero attached hydrogens (tertiary/aromatic N) is 4. The fraction of sp³-hybridized carbons (Fsp3) is 0.0833. The van der Waals surface area contributed by atoms with Gasteiger partial charge in [0.05, 0.1) is 0 Å². The van der Waals surface area contributed by atoms with E-state index in [1.807, 2.05) is 0 Å². The van der Waals surface area contributed by atoms with Gasteiger partial charge in [-0.2, -0.15) is 0 Å². The van der Waals surface area contributed by atoms with Crippen molar-refractivity contribution in [2.45, 2.75) is 52.4 Å². The molecule has 0 bridgehead atoms. The number of rotatable bonds is 12. The molecular formula is C96H76N4. The fourth-order valence-corrected chi connectivity index (χ4v) is 15.6. The van der Waals surface area contributed by atoms with E-state index < -0.39 is 0 Å². The number of hydrogen-bond donors (Lipinski definition) is 0. The van der Waals surface area contributed by atoms with Crippen molar-refractivity contribution in [3.8, 4) is 22.3 Å². The van der Waals surface area contributed by atoms with E-state index >= 15 is 0 Å². The van der Waals surface area contributed by atoms with Gasteiger partial charge in [0.25, 0.3) is 0 Å². The van der Waals surface area contributed by atoms with Crippen LogP contribution in [0.2, 0.25) is 0 Å². The van der Waals surface area contributed by atoms with E-state index in [0.29, 0.717) is 0 Å². The first kappa shape index (κ1) is 61.4. The van der Waals surface area contributed by atoms with E-state index in [0.717, 1.165) is 68.2 Å². The predicted molar refractivity (Wildman–Crippen MR) is 426 cm³/mol. The fourth-order valence-electron chi connectivity index (χ4n) is 15.6. The first-order valence-electron chi connectivity index (χ1n) is 34.9. The second-order valence-corrected chi connectivity index (χ2v) is 28.0. The maximum Gasteiger partial charge on any atom is 0.0468 e. The lowest BCUT2D eigenvalue weighted by atomic mass is 9.82. The summed E-state index contributed by atoms with van der Waals surface area (Å²) in [5.41, 5.74) is 26.5. The van der Waals surface area contributed by atoms with Crippen LogP contribution in [-0.2, 0) is 10.8 Å². The number of hydrogen-bond acceptors (Lipinski definition) is 4. The van der Waals surface area contributed by atoms with Gasteiger partial charge >= 0.3 is 0 Å². The summed E-state index contributed by atoms with van der Waals surface area (Å²) in [5.74, 6) is 0. The van der Waals surface area contributed by atoms with Crippen molar-refractivity contribution in [3.63, 3.8) is 0 Å². The van der Waals surface area contributed by atoms with Crippen LogP contribution in [-0.4, -0.2) is 0 Å². The third-order valence-electron chi connectivity index (χ3n) is 20.9. The minimum atomic E-state index is -0.207. The molecule has 4 heteroatoms. The van der Waals surface area contributed by atoms with Crippen LogP contribution in [0.1, 0.15) is 61.1 Å². The summed E-state index contributed by atoms with van der Waals surface area (Å²) >= 11 is 0. The van der Waals surface area contributed by atoms with Crippen LogP contribution in [0.25, 0.3) is 65.3 Å². The van der Waals surface area contributed by atoms with Crippen LogP contribution in [0.15, 0.2) is 352 Å². The van der Waals surface area contributed by atoms with Crippen LogP contribution in [0, 0.1) is 13.8 Å². The summed E-state index contributed by atoms with van der Waals surface area (Å²) in [7, 11) is 0. The summed E-state index contributed by atoms with van der Waals surface area (Å²) in [6, 6.07) is 129. The average Bonchev–Trinajstić information content (AvgIpc) is 1.57. The van der Waals surface area contributed by atoms with Crippen LogP contribution in [0.5, 0.6) is 0 Å². The normalized spacial score (nSPS) is 12.9. The molecule has 0 aromatic heterocycles. The van der Waals surface area contributed by atoms with Crippen molar-refractivity contribution in [1.82, 2.24) is 0 Å². The average molecular weight is 1290 g/mol. The SMILES string of the molecule is CC1(C)c2cc(N(c3ccccc3)c3ccc4ccccc4c3)ccc2-c2ccc(N(c3ccccc3)c3ccc4ccccc4c3)cc21.Cc1ccc(N(c2ccc3c(c2)C(C)(C)c2cc(N(c4ccc(C)cc4)c4ccc5ccccc5c4)ccc2-3)c2ccc3ccccc3c2)cc1. The van der Waals surface area contributed by atoms with Gasteiger partial charge in [-0.1, -0.05) is 245 Å². The molecule has 0 radical (unpaired) electrons. The van der Waals surface area contributed by atoms with E-state index in [1.54, 1.807) is 0 Å². The maximum atomic E-state index is 2.42. The van der Waals surface area contributed by atoms with Gasteiger partial charge in [-0.3, -0.25) is 0 Å². The number of para-hydroxylation sites is 2. The van der Waals surface area contributed by atoms with Gasteiger partial charge in [-0.15, -0.1) is 0 Å². The molecule has 0 atom stereocenters. The molecule has 0 amide bonds.